The summed E-state index contributed by atoms with van der Waals surface area (Å²) in [6.45, 7) is -0.697. The summed E-state index contributed by atoms with van der Waals surface area (Å²) in [5.74, 6) is -0.140. The molecule has 0 spiro atoms. The molecule has 2 N–H and O–H groups in total. The summed E-state index contributed by atoms with van der Waals surface area (Å²) >= 11 is 5.61. The van der Waals surface area contributed by atoms with E-state index in [-0.39, 0.29) is 48.3 Å². The molecule has 2 saturated heterocycles. The van der Waals surface area contributed by atoms with Gasteiger partial charge in [0.05, 0.1) is 23.5 Å². The minimum atomic E-state index is -4.22. The van der Waals surface area contributed by atoms with E-state index in [0.717, 1.165) is 12.1 Å². The quantitative estimate of drug-likeness (QED) is 0.440. The van der Waals surface area contributed by atoms with E-state index in [1.54, 1.807) is 0 Å². The molecule has 0 aliphatic carbocycles. The zero-order valence-corrected chi connectivity index (χ0v) is 19.0. The number of carbonyl (C=O) groups excluding carboxylic acids is 1. The van der Waals surface area contributed by atoms with Crippen molar-refractivity contribution >= 4 is 26.5 Å². The SMILES string of the molecule is O=C(COc1ccc(Cl)c(F)c1)N[Si]1CC[C@H](c2nnc(C3CN(CC(F)(F)F)C3)o2)NC1. The van der Waals surface area contributed by atoms with Gasteiger partial charge in [0.25, 0.3) is 0 Å². The van der Waals surface area contributed by atoms with Gasteiger partial charge in [-0.1, -0.05) is 11.6 Å². The van der Waals surface area contributed by atoms with Gasteiger partial charge in [-0.3, -0.25) is 9.69 Å². The van der Waals surface area contributed by atoms with Crippen LogP contribution in [0.2, 0.25) is 11.1 Å². The fraction of sp³-hybridized carbons (Fsp3) is 0.526. The molecule has 4 rings (SSSR count). The maximum Gasteiger partial charge on any atom is 0.401 e. The Bertz CT molecular complexity index is 981. The molecule has 0 bridgehead atoms. The van der Waals surface area contributed by atoms with E-state index in [4.69, 9.17) is 20.8 Å². The van der Waals surface area contributed by atoms with Gasteiger partial charge in [-0.25, -0.2) is 4.39 Å². The Labute approximate surface area is 193 Å². The maximum absolute atomic E-state index is 13.4. The number of aromatic nitrogens is 2. The maximum atomic E-state index is 13.4. The van der Waals surface area contributed by atoms with Crippen molar-refractivity contribution in [3.8, 4) is 5.75 Å². The fourth-order valence-corrected chi connectivity index (χ4v) is 5.79. The van der Waals surface area contributed by atoms with E-state index in [2.05, 4.69) is 20.5 Å². The number of hydrogen-bond acceptors (Lipinski definition) is 7. The van der Waals surface area contributed by atoms with E-state index in [0.29, 0.717) is 24.4 Å². The number of alkyl halides is 3. The molecule has 179 valence electrons. The molecule has 1 aromatic heterocycles. The molecule has 1 atom stereocenters. The molecular formula is C19H21ClF4N5O3Si. The molecule has 14 heteroatoms. The van der Waals surface area contributed by atoms with Crippen LogP contribution in [0.3, 0.4) is 0 Å². The van der Waals surface area contributed by atoms with E-state index < -0.39 is 27.5 Å². The van der Waals surface area contributed by atoms with Crippen LogP contribution in [0.1, 0.15) is 30.2 Å². The van der Waals surface area contributed by atoms with Crippen LogP contribution in [-0.4, -0.2) is 68.5 Å². The van der Waals surface area contributed by atoms with Crippen molar-refractivity contribution in [3.63, 3.8) is 0 Å². The van der Waals surface area contributed by atoms with Crippen LogP contribution in [0.15, 0.2) is 22.6 Å². The van der Waals surface area contributed by atoms with E-state index in [1.807, 2.05) is 0 Å². The Morgan fingerprint density at radius 1 is 1.33 bits per heavy atom. The lowest BCUT2D eigenvalue weighted by Crippen LogP contribution is -2.51. The Morgan fingerprint density at radius 3 is 2.76 bits per heavy atom. The van der Waals surface area contributed by atoms with Gasteiger partial charge in [0.15, 0.2) is 15.6 Å². The monoisotopic (exact) mass is 506 g/mol. The predicted octanol–water partition coefficient (Wildman–Crippen LogP) is 2.58. The van der Waals surface area contributed by atoms with Gasteiger partial charge in [0.2, 0.25) is 17.7 Å². The van der Waals surface area contributed by atoms with Crippen LogP contribution >= 0.6 is 11.6 Å². The molecule has 0 unspecified atom stereocenters. The number of carbonyl (C=O) groups is 1. The number of benzene rings is 1. The van der Waals surface area contributed by atoms with Gasteiger partial charge in [0.1, 0.15) is 11.6 Å². The topological polar surface area (TPSA) is 92.5 Å². The van der Waals surface area contributed by atoms with Crippen LogP contribution in [0, 0.1) is 5.82 Å². The van der Waals surface area contributed by atoms with Gasteiger partial charge < -0.3 is 19.5 Å². The highest BCUT2D eigenvalue weighted by molar-refractivity contribution is 6.59. The molecule has 0 saturated carbocycles. The largest absolute Gasteiger partial charge is 0.484 e. The van der Waals surface area contributed by atoms with Crippen molar-refractivity contribution in [2.24, 2.45) is 0 Å². The summed E-state index contributed by atoms with van der Waals surface area (Å²) in [7, 11) is -1.22. The summed E-state index contributed by atoms with van der Waals surface area (Å²) < 4.78 is 61.7. The molecule has 2 aromatic rings. The highest BCUT2D eigenvalue weighted by Crippen LogP contribution is 2.31. The van der Waals surface area contributed by atoms with E-state index in [1.165, 1.54) is 17.0 Å². The summed E-state index contributed by atoms with van der Waals surface area (Å²) in [6, 6.07) is 4.54. The number of halogens is 5. The molecule has 33 heavy (non-hydrogen) atoms. The summed E-state index contributed by atoms with van der Waals surface area (Å²) in [4.78, 5) is 16.4. The Kier molecular flexibility index (Phi) is 7.21. The number of likely N-dealkylation sites (tertiary alicyclic amines) is 1. The lowest BCUT2D eigenvalue weighted by atomic mass is 10.0. The lowest BCUT2D eigenvalue weighted by molar-refractivity contribution is -0.155. The molecule has 1 aromatic carbocycles. The van der Waals surface area contributed by atoms with Crippen molar-refractivity contribution in [3.05, 3.63) is 40.8 Å². The smallest absolute Gasteiger partial charge is 0.401 e. The third-order valence-corrected chi connectivity index (χ3v) is 7.80. The fourth-order valence-electron chi connectivity index (χ4n) is 3.68. The third-order valence-electron chi connectivity index (χ3n) is 5.34. The van der Waals surface area contributed by atoms with Crippen molar-refractivity contribution in [1.29, 1.82) is 0 Å². The first-order valence-electron chi connectivity index (χ1n) is 10.2. The molecule has 8 nitrogen and oxygen atoms in total. The van der Waals surface area contributed by atoms with Crippen LogP contribution in [0.25, 0.3) is 0 Å². The molecule has 2 fully saturated rings. The van der Waals surface area contributed by atoms with Gasteiger partial charge in [-0.2, -0.15) is 13.2 Å². The van der Waals surface area contributed by atoms with Gasteiger partial charge >= 0.3 is 6.18 Å². The highest BCUT2D eigenvalue weighted by atomic mass is 35.5. The zero-order chi connectivity index (χ0) is 23.6. The second-order valence-electron chi connectivity index (χ2n) is 7.97. The normalized spacial score (nSPS) is 20.5. The zero-order valence-electron chi connectivity index (χ0n) is 17.3. The number of ether oxygens (including phenoxy) is 1. The average Bonchev–Trinajstić information content (AvgIpc) is 3.21. The second kappa shape index (κ2) is 9.95. The number of amides is 1. The first-order chi connectivity index (χ1) is 15.7. The Hall–Kier alpha value is -2.22. The number of rotatable bonds is 7. The average molecular weight is 507 g/mol. The highest BCUT2D eigenvalue weighted by Gasteiger charge is 2.40. The van der Waals surface area contributed by atoms with Crippen molar-refractivity contribution in [2.45, 2.75) is 30.6 Å². The Morgan fingerprint density at radius 2 is 2.09 bits per heavy atom. The predicted molar refractivity (Wildman–Crippen MR) is 111 cm³/mol. The number of hydrogen-bond donors (Lipinski definition) is 2. The number of nitrogens with one attached hydrogen (secondary N) is 2. The summed E-state index contributed by atoms with van der Waals surface area (Å²) in [5, 5.41) is 11.3. The van der Waals surface area contributed by atoms with Crippen LogP contribution < -0.4 is 15.0 Å². The van der Waals surface area contributed by atoms with Gasteiger partial charge in [-0.15, -0.1) is 10.2 Å². The molecule has 2 aliphatic rings. The third kappa shape index (κ3) is 6.43. The Balaban J connectivity index is 1.18. The molecule has 2 aliphatic heterocycles. The minimum absolute atomic E-state index is 0.0236. The molecular weight excluding hydrogens is 486 g/mol. The second-order valence-corrected chi connectivity index (χ2v) is 10.7. The van der Waals surface area contributed by atoms with Crippen LogP contribution in [0.4, 0.5) is 17.6 Å². The van der Waals surface area contributed by atoms with Crippen LogP contribution in [-0.2, 0) is 4.79 Å². The van der Waals surface area contributed by atoms with E-state index >= 15 is 0 Å². The number of nitrogens with zero attached hydrogens (tertiary/aromatic N) is 3. The standard InChI is InChI=1S/C19H21ClF4N5O3Si/c20-13-2-1-12(5-14(13)21)31-8-16(30)28-33-4-3-15(25-10-33)18-27-26-17(32-18)11-6-29(7-11)9-19(22,23)24/h1-2,5,11,15,25H,3-4,6-10H2,(H,28,30)/t15-/m1/s1. The van der Waals surface area contributed by atoms with Crippen LogP contribution in [0.5, 0.6) is 5.75 Å². The molecule has 3 heterocycles. The lowest BCUT2D eigenvalue weighted by Gasteiger charge is -2.37. The first-order valence-corrected chi connectivity index (χ1v) is 12.5. The van der Waals surface area contributed by atoms with Gasteiger partial charge in [-0.05, 0) is 24.6 Å². The minimum Gasteiger partial charge on any atom is -0.484 e. The van der Waals surface area contributed by atoms with Crippen molar-refractivity contribution < 1.29 is 31.5 Å². The van der Waals surface area contributed by atoms with E-state index in [9.17, 15) is 22.4 Å². The van der Waals surface area contributed by atoms with Gasteiger partial charge in [0, 0.05) is 25.3 Å². The first kappa shape index (κ1) is 23.9. The summed E-state index contributed by atoms with van der Waals surface area (Å²) in [6.07, 6.45) is -2.98. The summed E-state index contributed by atoms with van der Waals surface area (Å²) in [5.41, 5.74) is 0. The van der Waals surface area contributed by atoms with Crippen molar-refractivity contribution in [1.82, 2.24) is 25.4 Å². The molecule has 1 radical (unpaired) electrons. The van der Waals surface area contributed by atoms with Crippen molar-refractivity contribution in [2.75, 3.05) is 32.4 Å². The molecule has 1 amide bonds.